The number of unbranched alkanes of at least 4 members (excludes halogenated alkanes) is 12. The lowest BCUT2D eigenvalue weighted by Crippen LogP contribution is -2.51. The highest BCUT2D eigenvalue weighted by molar-refractivity contribution is 5.85. The summed E-state index contributed by atoms with van der Waals surface area (Å²) in [6.07, 6.45) is 19.5. The van der Waals surface area contributed by atoms with Crippen LogP contribution in [-0.2, 0) is 16.0 Å². The number of aromatic hydroxyl groups is 1. The Morgan fingerprint density at radius 1 is 0.769 bits per heavy atom. The summed E-state index contributed by atoms with van der Waals surface area (Å²) >= 11 is 0. The van der Waals surface area contributed by atoms with Crippen LogP contribution < -0.4 is 15.4 Å². The molecular weight excluding hydrogens is 488 g/mol. The van der Waals surface area contributed by atoms with E-state index in [1.807, 2.05) is 27.7 Å². The zero-order valence-corrected chi connectivity index (χ0v) is 25.6. The summed E-state index contributed by atoms with van der Waals surface area (Å²) < 4.78 is 6.24. The van der Waals surface area contributed by atoms with Gasteiger partial charge in [0.25, 0.3) is 5.91 Å². The van der Waals surface area contributed by atoms with Crippen molar-refractivity contribution >= 4 is 11.8 Å². The van der Waals surface area contributed by atoms with E-state index in [0.29, 0.717) is 44.5 Å². The number of benzene rings is 1. The molecule has 0 aliphatic carbocycles. The Labute approximate surface area is 238 Å². The van der Waals surface area contributed by atoms with Crippen molar-refractivity contribution in [3.63, 3.8) is 0 Å². The van der Waals surface area contributed by atoms with Gasteiger partial charge in [-0.3, -0.25) is 9.59 Å². The van der Waals surface area contributed by atoms with Gasteiger partial charge < -0.3 is 20.5 Å². The van der Waals surface area contributed by atoms with Gasteiger partial charge in [0.1, 0.15) is 11.5 Å². The van der Waals surface area contributed by atoms with E-state index in [9.17, 15) is 14.7 Å². The number of carbonyl (C=O) groups is 2. The summed E-state index contributed by atoms with van der Waals surface area (Å²) in [6, 6.07) is 0. The first-order chi connectivity index (χ1) is 18.7. The van der Waals surface area contributed by atoms with Crippen LogP contribution in [0.4, 0.5) is 0 Å². The maximum absolute atomic E-state index is 13.0. The largest absolute Gasteiger partial charge is 0.507 e. The molecule has 0 spiro atoms. The highest BCUT2D eigenvalue weighted by Crippen LogP contribution is 2.43. The molecule has 0 saturated heterocycles. The molecule has 1 aromatic rings. The van der Waals surface area contributed by atoms with Crippen LogP contribution in [0.25, 0.3) is 0 Å². The van der Waals surface area contributed by atoms with E-state index in [-0.39, 0.29) is 11.8 Å². The van der Waals surface area contributed by atoms with Crippen LogP contribution in [0.5, 0.6) is 11.5 Å². The van der Waals surface area contributed by atoms with Gasteiger partial charge in [0.05, 0.1) is 0 Å². The normalized spacial score (nSPS) is 16.4. The predicted octanol–water partition coefficient (Wildman–Crippen LogP) is 7.50. The molecule has 0 saturated carbocycles. The number of ether oxygens (including phenoxy) is 1. The van der Waals surface area contributed by atoms with Gasteiger partial charge in [-0.15, -0.1) is 0 Å². The van der Waals surface area contributed by atoms with E-state index in [0.717, 1.165) is 40.8 Å². The summed E-state index contributed by atoms with van der Waals surface area (Å²) in [5, 5.41) is 16.3. The van der Waals surface area contributed by atoms with E-state index in [4.69, 9.17) is 4.74 Å². The maximum atomic E-state index is 13.0. The summed E-state index contributed by atoms with van der Waals surface area (Å²) in [6.45, 7) is 10.9. The lowest BCUT2D eigenvalue weighted by atomic mass is 9.86. The number of nitrogens with one attached hydrogen (secondary N) is 2. The molecule has 2 amide bonds. The lowest BCUT2D eigenvalue weighted by molar-refractivity contribution is -0.136. The number of hydrogen-bond acceptors (Lipinski definition) is 4. The van der Waals surface area contributed by atoms with Crippen molar-refractivity contribution in [1.82, 2.24) is 10.6 Å². The van der Waals surface area contributed by atoms with E-state index in [2.05, 4.69) is 17.6 Å². The Bertz CT molecular complexity index is 914. The van der Waals surface area contributed by atoms with Gasteiger partial charge in [-0.05, 0) is 63.6 Å². The number of phenols is 1. The van der Waals surface area contributed by atoms with Crippen LogP contribution in [0.2, 0.25) is 0 Å². The molecule has 6 nitrogen and oxygen atoms in total. The lowest BCUT2D eigenvalue weighted by Gasteiger charge is -2.36. The Morgan fingerprint density at radius 2 is 1.31 bits per heavy atom. The number of amides is 2. The maximum Gasteiger partial charge on any atom is 0.263 e. The number of fused-ring (bicyclic) bond motifs is 1. The van der Waals surface area contributed by atoms with Crippen molar-refractivity contribution in [3.8, 4) is 11.5 Å². The summed E-state index contributed by atoms with van der Waals surface area (Å²) in [5.74, 6) is 1.02. The monoisotopic (exact) mass is 544 g/mol. The van der Waals surface area contributed by atoms with Crippen molar-refractivity contribution in [2.24, 2.45) is 0 Å². The SMILES string of the molecule is CCCCCCCCCCCCCCCC(=O)NCCCNC(=O)C1(C)CCc2c(C)c(O)c(C)c(C)c2O1. The second-order valence-electron chi connectivity index (χ2n) is 11.8. The number of carbonyl (C=O) groups excluding carboxylic acids is 2. The van der Waals surface area contributed by atoms with Gasteiger partial charge in [-0.25, -0.2) is 0 Å². The summed E-state index contributed by atoms with van der Waals surface area (Å²) in [5.41, 5.74) is 2.58. The molecule has 1 atom stereocenters. The molecule has 1 aliphatic rings. The topological polar surface area (TPSA) is 87.7 Å². The third-order valence-electron chi connectivity index (χ3n) is 8.47. The first-order valence-corrected chi connectivity index (χ1v) is 15.8. The van der Waals surface area contributed by atoms with Gasteiger partial charge in [-0.2, -0.15) is 0 Å². The highest BCUT2D eigenvalue weighted by Gasteiger charge is 2.40. The second kappa shape index (κ2) is 17.5. The summed E-state index contributed by atoms with van der Waals surface area (Å²) in [7, 11) is 0. The van der Waals surface area contributed by atoms with Crippen molar-refractivity contribution in [3.05, 3.63) is 22.3 Å². The third-order valence-corrected chi connectivity index (χ3v) is 8.47. The molecule has 1 aromatic carbocycles. The van der Waals surface area contributed by atoms with E-state index < -0.39 is 5.60 Å². The fourth-order valence-corrected chi connectivity index (χ4v) is 5.50. The van der Waals surface area contributed by atoms with Crippen LogP contribution in [0.1, 0.15) is 139 Å². The highest BCUT2D eigenvalue weighted by atomic mass is 16.5. The summed E-state index contributed by atoms with van der Waals surface area (Å²) in [4.78, 5) is 25.1. The molecule has 3 N–H and O–H groups in total. The second-order valence-corrected chi connectivity index (χ2v) is 11.8. The van der Waals surface area contributed by atoms with Crippen LogP contribution in [0, 0.1) is 20.8 Å². The first kappa shape index (κ1) is 33.0. The van der Waals surface area contributed by atoms with Gasteiger partial charge in [0, 0.05) is 31.5 Å². The van der Waals surface area contributed by atoms with Gasteiger partial charge >= 0.3 is 0 Å². The smallest absolute Gasteiger partial charge is 0.263 e. The fourth-order valence-electron chi connectivity index (χ4n) is 5.50. The molecule has 1 unspecified atom stereocenters. The minimum absolute atomic E-state index is 0.105. The Morgan fingerprint density at radius 3 is 1.90 bits per heavy atom. The molecule has 0 fully saturated rings. The van der Waals surface area contributed by atoms with Gasteiger partial charge in [0.15, 0.2) is 5.60 Å². The average molecular weight is 545 g/mol. The van der Waals surface area contributed by atoms with Gasteiger partial charge in [-0.1, -0.05) is 84.0 Å². The molecule has 1 heterocycles. The molecule has 1 aliphatic heterocycles. The zero-order chi connectivity index (χ0) is 28.7. The van der Waals surface area contributed by atoms with Crippen molar-refractivity contribution in [2.75, 3.05) is 13.1 Å². The van der Waals surface area contributed by atoms with Crippen molar-refractivity contribution < 1.29 is 19.4 Å². The van der Waals surface area contributed by atoms with E-state index in [1.165, 1.54) is 70.6 Å². The van der Waals surface area contributed by atoms with Crippen LogP contribution in [0.3, 0.4) is 0 Å². The minimum Gasteiger partial charge on any atom is -0.507 e. The molecule has 2 rings (SSSR count). The third kappa shape index (κ3) is 10.7. The molecule has 39 heavy (non-hydrogen) atoms. The Balaban J connectivity index is 1.51. The van der Waals surface area contributed by atoms with Crippen molar-refractivity contribution in [2.45, 2.75) is 149 Å². The molecule has 0 bridgehead atoms. The fraction of sp³-hybridized carbons (Fsp3) is 0.758. The molecule has 6 heteroatoms. The zero-order valence-electron chi connectivity index (χ0n) is 25.6. The standard InChI is InChI=1S/C33H56N2O4/c1-6-7-8-9-10-11-12-13-14-15-16-17-18-20-29(36)34-23-19-24-35-32(38)33(5)22-21-28-27(4)30(37)25(2)26(3)31(28)39-33/h37H,6-24H2,1-5H3,(H,34,36)(H,35,38). The van der Waals surface area contributed by atoms with E-state index in [1.54, 1.807) is 0 Å². The number of hydrogen-bond donors (Lipinski definition) is 3. The Kier molecular flexibility index (Phi) is 14.8. The minimum atomic E-state index is -0.939. The molecule has 0 radical (unpaired) electrons. The van der Waals surface area contributed by atoms with Crippen LogP contribution >= 0.6 is 0 Å². The van der Waals surface area contributed by atoms with Crippen LogP contribution in [0.15, 0.2) is 0 Å². The Hall–Kier alpha value is -2.24. The van der Waals surface area contributed by atoms with Crippen LogP contribution in [-0.4, -0.2) is 35.6 Å². The van der Waals surface area contributed by atoms with Crippen molar-refractivity contribution in [1.29, 1.82) is 0 Å². The van der Waals surface area contributed by atoms with Gasteiger partial charge in [0.2, 0.25) is 5.91 Å². The predicted molar refractivity (Wildman–Crippen MR) is 161 cm³/mol. The molecular formula is C33H56N2O4. The molecule has 0 aromatic heterocycles. The number of phenolic OH excluding ortho intramolecular Hbond substituents is 1. The molecule has 222 valence electrons. The first-order valence-electron chi connectivity index (χ1n) is 15.8. The average Bonchev–Trinajstić information content (AvgIpc) is 2.92. The number of rotatable bonds is 19. The van der Waals surface area contributed by atoms with E-state index >= 15 is 0 Å². The quantitative estimate of drug-likeness (QED) is 0.157.